The second-order valence-corrected chi connectivity index (χ2v) is 5.13. The van der Waals surface area contributed by atoms with E-state index in [2.05, 4.69) is 40.1 Å². The SMILES string of the molecule is CC(C)CNC(N)=NCc1cc(Br)ccc1F. The molecular formula is C12H17BrFN3. The first-order valence-electron chi connectivity index (χ1n) is 5.46. The lowest BCUT2D eigenvalue weighted by Crippen LogP contribution is -2.34. The highest BCUT2D eigenvalue weighted by molar-refractivity contribution is 9.10. The molecule has 0 atom stereocenters. The summed E-state index contributed by atoms with van der Waals surface area (Å²) in [5.41, 5.74) is 6.18. The van der Waals surface area contributed by atoms with E-state index >= 15 is 0 Å². The normalized spacial score (nSPS) is 11.9. The number of guanidine groups is 1. The molecule has 3 N–H and O–H groups in total. The Morgan fingerprint density at radius 3 is 2.88 bits per heavy atom. The minimum Gasteiger partial charge on any atom is -0.370 e. The molecule has 0 aliphatic rings. The van der Waals surface area contributed by atoms with Crippen LogP contribution in [0.2, 0.25) is 0 Å². The van der Waals surface area contributed by atoms with Gasteiger partial charge in [-0.05, 0) is 24.1 Å². The summed E-state index contributed by atoms with van der Waals surface area (Å²) >= 11 is 3.29. The van der Waals surface area contributed by atoms with Gasteiger partial charge in [0, 0.05) is 16.6 Å². The van der Waals surface area contributed by atoms with Crippen molar-refractivity contribution in [1.29, 1.82) is 0 Å². The Bertz CT molecular complexity index is 405. The Labute approximate surface area is 109 Å². The molecule has 3 nitrogen and oxygen atoms in total. The highest BCUT2D eigenvalue weighted by Gasteiger charge is 2.02. The molecule has 0 spiro atoms. The zero-order valence-electron chi connectivity index (χ0n) is 10.0. The second-order valence-electron chi connectivity index (χ2n) is 4.21. The zero-order valence-corrected chi connectivity index (χ0v) is 11.6. The maximum absolute atomic E-state index is 13.4. The number of halogens is 2. The fourth-order valence-electron chi connectivity index (χ4n) is 1.20. The van der Waals surface area contributed by atoms with E-state index in [1.807, 2.05) is 0 Å². The van der Waals surface area contributed by atoms with Crippen molar-refractivity contribution in [2.24, 2.45) is 16.6 Å². The average molecular weight is 302 g/mol. The molecule has 0 heterocycles. The van der Waals surface area contributed by atoms with Gasteiger partial charge >= 0.3 is 0 Å². The van der Waals surface area contributed by atoms with Crippen LogP contribution in [0.1, 0.15) is 19.4 Å². The van der Waals surface area contributed by atoms with Crippen LogP contribution in [0.15, 0.2) is 27.7 Å². The molecule has 0 saturated heterocycles. The first-order chi connectivity index (χ1) is 7.99. The summed E-state index contributed by atoms with van der Waals surface area (Å²) < 4.78 is 14.2. The van der Waals surface area contributed by atoms with Gasteiger partial charge in [-0.3, -0.25) is 0 Å². The molecule has 1 aromatic carbocycles. The molecule has 0 amide bonds. The van der Waals surface area contributed by atoms with Gasteiger partial charge in [0.1, 0.15) is 5.82 Å². The first kappa shape index (κ1) is 14.0. The molecule has 94 valence electrons. The summed E-state index contributed by atoms with van der Waals surface area (Å²) in [6.07, 6.45) is 0. The molecule has 0 aromatic heterocycles. The standard InChI is InChI=1S/C12H17BrFN3/c1-8(2)6-16-12(15)17-7-9-5-10(13)3-4-11(9)14/h3-5,8H,6-7H2,1-2H3,(H3,15,16,17). The van der Waals surface area contributed by atoms with Crippen LogP contribution in [0.3, 0.4) is 0 Å². The van der Waals surface area contributed by atoms with E-state index in [9.17, 15) is 4.39 Å². The molecule has 5 heteroatoms. The summed E-state index contributed by atoms with van der Waals surface area (Å²) in [7, 11) is 0. The second kappa shape index (κ2) is 6.59. The molecule has 0 aliphatic carbocycles. The monoisotopic (exact) mass is 301 g/mol. The van der Waals surface area contributed by atoms with E-state index in [-0.39, 0.29) is 12.4 Å². The van der Waals surface area contributed by atoms with E-state index in [1.165, 1.54) is 6.07 Å². The lowest BCUT2D eigenvalue weighted by Gasteiger charge is -2.08. The molecule has 0 radical (unpaired) electrons. The van der Waals surface area contributed by atoms with Crippen molar-refractivity contribution in [3.05, 3.63) is 34.1 Å². The molecule has 0 bridgehead atoms. The topological polar surface area (TPSA) is 50.4 Å². The predicted molar refractivity (Wildman–Crippen MR) is 72.3 cm³/mol. The number of hydrogen-bond donors (Lipinski definition) is 2. The number of hydrogen-bond acceptors (Lipinski definition) is 1. The predicted octanol–water partition coefficient (Wildman–Crippen LogP) is 2.65. The number of nitrogens with one attached hydrogen (secondary N) is 1. The largest absolute Gasteiger partial charge is 0.370 e. The fourth-order valence-corrected chi connectivity index (χ4v) is 1.61. The highest BCUT2D eigenvalue weighted by Crippen LogP contribution is 2.16. The van der Waals surface area contributed by atoms with Crippen molar-refractivity contribution in [2.75, 3.05) is 6.54 Å². The number of nitrogens with two attached hydrogens (primary N) is 1. The number of aliphatic imine (C=N–C) groups is 1. The Hall–Kier alpha value is -1.10. The van der Waals surface area contributed by atoms with Gasteiger partial charge < -0.3 is 11.1 Å². The molecule has 1 aromatic rings. The van der Waals surface area contributed by atoms with Gasteiger partial charge in [0.05, 0.1) is 6.54 Å². The molecule has 0 fully saturated rings. The van der Waals surface area contributed by atoms with Crippen LogP contribution in [0.4, 0.5) is 4.39 Å². The Morgan fingerprint density at radius 1 is 1.53 bits per heavy atom. The van der Waals surface area contributed by atoms with Gasteiger partial charge in [-0.2, -0.15) is 0 Å². The zero-order chi connectivity index (χ0) is 12.8. The highest BCUT2D eigenvalue weighted by atomic mass is 79.9. The molecule has 0 saturated carbocycles. The maximum atomic E-state index is 13.4. The van der Waals surface area contributed by atoms with Crippen molar-refractivity contribution in [1.82, 2.24) is 5.32 Å². The van der Waals surface area contributed by atoms with Gasteiger partial charge in [0.25, 0.3) is 0 Å². The lowest BCUT2D eigenvalue weighted by molar-refractivity contribution is 0.607. The van der Waals surface area contributed by atoms with Crippen molar-refractivity contribution in [2.45, 2.75) is 20.4 Å². The average Bonchev–Trinajstić information content (AvgIpc) is 2.27. The first-order valence-corrected chi connectivity index (χ1v) is 6.26. The van der Waals surface area contributed by atoms with Crippen LogP contribution in [0, 0.1) is 11.7 Å². The van der Waals surface area contributed by atoms with Crippen molar-refractivity contribution < 1.29 is 4.39 Å². The fraction of sp³-hybridized carbons (Fsp3) is 0.417. The maximum Gasteiger partial charge on any atom is 0.188 e. The van der Waals surface area contributed by atoms with Crippen molar-refractivity contribution in [3.8, 4) is 0 Å². The molecular weight excluding hydrogens is 285 g/mol. The van der Waals surface area contributed by atoms with Crippen LogP contribution in [0.5, 0.6) is 0 Å². The molecule has 17 heavy (non-hydrogen) atoms. The number of nitrogens with zero attached hydrogens (tertiary/aromatic N) is 1. The third-order valence-corrected chi connectivity index (χ3v) is 2.61. The summed E-state index contributed by atoms with van der Waals surface area (Å²) in [4.78, 5) is 4.09. The van der Waals surface area contributed by atoms with E-state index in [4.69, 9.17) is 5.73 Å². The molecule has 1 rings (SSSR count). The summed E-state index contributed by atoms with van der Waals surface area (Å²) in [6, 6.07) is 4.77. The number of rotatable bonds is 4. The van der Waals surface area contributed by atoms with Gasteiger partial charge in [-0.25, -0.2) is 9.38 Å². The lowest BCUT2D eigenvalue weighted by atomic mass is 10.2. The third kappa shape index (κ3) is 5.17. The minimum absolute atomic E-state index is 0.238. The molecule has 0 aliphatic heterocycles. The van der Waals surface area contributed by atoms with Crippen LogP contribution in [-0.4, -0.2) is 12.5 Å². The Balaban J connectivity index is 2.59. The quantitative estimate of drug-likeness (QED) is 0.663. The van der Waals surface area contributed by atoms with Gasteiger partial charge in [0.2, 0.25) is 0 Å². The van der Waals surface area contributed by atoms with E-state index < -0.39 is 0 Å². The van der Waals surface area contributed by atoms with Crippen LogP contribution in [0.25, 0.3) is 0 Å². The van der Waals surface area contributed by atoms with Gasteiger partial charge in [-0.15, -0.1) is 0 Å². The Kier molecular flexibility index (Phi) is 5.41. The number of benzene rings is 1. The van der Waals surface area contributed by atoms with E-state index in [1.54, 1.807) is 12.1 Å². The van der Waals surface area contributed by atoms with Crippen LogP contribution < -0.4 is 11.1 Å². The van der Waals surface area contributed by atoms with E-state index in [0.29, 0.717) is 17.4 Å². The molecule has 0 unspecified atom stereocenters. The minimum atomic E-state index is -0.270. The van der Waals surface area contributed by atoms with Gasteiger partial charge in [-0.1, -0.05) is 29.8 Å². The van der Waals surface area contributed by atoms with E-state index in [0.717, 1.165) is 11.0 Å². The van der Waals surface area contributed by atoms with Crippen molar-refractivity contribution in [3.63, 3.8) is 0 Å². The third-order valence-electron chi connectivity index (χ3n) is 2.12. The summed E-state index contributed by atoms with van der Waals surface area (Å²) in [6.45, 7) is 5.15. The van der Waals surface area contributed by atoms with Crippen LogP contribution >= 0.6 is 15.9 Å². The Morgan fingerprint density at radius 2 is 2.24 bits per heavy atom. The smallest absolute Gasteiger partial charge is 0.188 e. The summed E-state index contributed by atoms with van der Waals surface area (Å²) in [5.74, 6) is 0.568. The van der Waals surface area contributed by atoms with Crippen molar-refractivity contribution >= 4 is 21.9 Å². The summed E-state index contributed by atoms with van der Waals surface area (Å²) in [5, 5.41) is 2.98. The van der Waals surface area contributed by atoms with Gasteiger partial charge in [0.15, 0.2) is 5.96 Å². The van der Waals surface area contributed by atoms with Crippen LogP contribution in [-0.2, 0) is 6.54 Å².